The van der Waals surface area contributed by atoms with Gasteiger partial charge in [0.15, 0.2) is 0 Å². The van der Waals surface area contributed by atoms with Gasteiger partial charge in [0.05, 0.1) is 0 Å². The molecule has 0 radical (unpaired) electrons. The van der Waals surface area contributed by atoms with Crippen molar-refractivity contribution in [3.63, 3.8) is 0 Å². The van der Waals surface area contributed by atoms with Crippen LogP contribution in [0.1, 0.15) is 32.8 Å². The molecule has 3 aromatic rings. The topological polar surface area (TPSA) is 0 Å². The first-order valence-electron chi connectivity index (χ1n) is 9.69. The van der Waals surface area contributed by atoms with Crippen molar-refractivity contribution in [2.45, 2.75) is 40.2 Å². The molecule has 0 aromatic heterocycles. The molecule has 1 aliphatic rings. The molecule has 3 aromatic carbocycles. The van der Waals surface area contributed by atoms with Gasteiger partial charge in [-0.25, -0.2) is 0 Å². The minimum atomic E-state index is -1.99. The Morgan fingerprint density at radius 3 is 2.12 bits per heavy atom. The molecule has 0 bridgehead atoms. The number of rotatable bonds is 3. The van der Waals surface area contributed by atoms with Gasteiger partial charge >= 0.3 is 0 Å². The van der Waals surface area contributed by atoms with E-state index < -0.39 is 8.07 Å². The van der Waals surface area contributed by atoms with E-state index in [0.29, 0.717) is 5.41 Å². The van der Waals surface area contributed by atoms with Gasteiger partial charge in [-0.2, -0.15) is 0 Å². The van der Waals surface area contributed by atoms with Crippen LogP contribution in [0, 0.1) is 12.3 Å². The van der Waals surface area contributed by atoms with Crippen LogP contribution in [0.5, 0.6) is 0 Å². The Morgan fingerprint density at radius 1 is 0.731 bits per heavy atom. The zero-order chi connectivity index (χ0) is 18.4. The number of aryl methyl sites for hydroxylation is 1. The predicted molar refractivity (Wildman–Crippen MR) is 117 cm³/mol. The lowest BCUT2D eigenvalue weighted by Crippen LogP contribution is -2.64. The predicted octanol–water partition coefficient (Wildman–Crippen LogP) is 4.88. The van der Waals surface area contributed by atoms with Gasteiger partial charge in [-0.1, -0.05) is 93.6 Å². The quantitative estimate of drug-likeness (QED) is 0.587. The second-order valence-electron chi connectivity index (χ2n) is 8.88. The van der Waals surface area contributed by atoms with Crippen LogP contribution in [0.4, 0.5) is 0 Å². The fourth-order valence-corrected chi connectivity index (χ4v) is 10.4. The van der Waals surface area contributed by atoms with Crippen LogP contribution in [0.2, 0.25) is 6.04 Å². The average Bonchev–Trinajstić information content (AvgIpc) is 2.92. The van der Waals surface area contributed by atoms with Crippen LogP contribution in [0.25, 0.3) is 11.1 Å². The number of hydrogen-bond acceptors (Lipinski definition) is 0. The lowest BCUT2D eigenvalue weighted by atomic mass is 9.94. The molecular formula is C25H28Si. The smallest absolute Gasteiger partial charge is 0.0624 e. The molecule has 0 fully saturated rings. The van der Waals surface area contributed by atoms with Gasteiger partial charge in [0.1, 0.15) is 8.07 Å². The Labute approximate surface area is 158 Å². The van der Waals surface area contributed by atoms with E-state index >= 15 is 0 Å². The van der Waals surface area contributed by atoms with Crippen LogP contribution in [0.15, 0.2) is 72.8 Å². The molecule has 1 heterocycles. The van der Waals surface area contributed by atoms with Crippen molar-refractivity contribution in [1.82, 2.24) is 0 Å². The molecule has 0 N–H and O–H groups in total. The van der Waals surface area contributed by atoms with E-state index in [1.165, 1.54) is 29.2 Å². The normalized spacial score (nSPS) is 18.5. The first-order valence-corrected chi connectivity index (χ1v) is 11.9. The molecule has 0 saturated heterocycles. The standard InChI is InChI=1S/C25H28Si/c1-19-11-10-16-23-24(19)21-14-8-9-15-22(21)26(23,18-17-25(2,3)4)20-12-6-5-7-13-20/h5-16H,17-18H2,1-4H3/t26-/m0/s1. The highest BCUT2D eigenvalue weighted by Crippen LogP contribution is 2.35. The van der Waals surface area contributed by atoms with Gasteiger partial charge in [-0.15, -0.1) is 0 Å². The summed E-state index contributed by atoms with van der Waals surface area (Å²) in [6.07, 6.45) is 1.25. The van der Waals surface area contributed by atoms with E-state index in [1.54, 1.807) is 15.6 Å². The van der Waals surface area contributed by atoms with Gasteiger partial charge in [-0.3, -0.25) is 0 Å². The van der Waals surface area contributed by atoms with Crippen molar-refractivity contribution in [3.8, 4) is 11.1 Å². The molecule has 0 spiro atoms. The molecule has 1 heteroatoms. The van der Waals surface area contributed by atoms with Crippen molar-refractivity contribution in [2.24, 2.45) is 5.41 Å². The summed E-state index contributed by atoms with van der Waals surface area (Å²) in [5, 5.41) is 4.79. The maximum Gasteiger partial charge on any atom is 0.149 e. The Hall–Kier alpha value is -2.12. The summed E-state index contributed by atoms with van der Waals surface area (Å²) >= 11 is 0. The summed E-state index contributed by atoms with van der Waals surface area (Å²) in [4.78, 5) is 0. The van der Waals surface area contributed by atoms with Crippen molar-refractivity contribution in [3.05, 3.63) is 78.4 Å². The van der Waals surface area contributed by atoms with Gasteiger partial charge in [-0.05, 0) is 57.1 Å². The molecular weight excluding hydrogens is 328 g/mol. The maximum atomic E-state index is 2.42. The van der Waals surface area contributed by atoms with E-state index in [0.717, 1.165) is 0 Å². The monoisotopic (exact) mass is 356 g/mol. The summed E-state index contributed by atoms with van der Waals surface area (Å²) in [5.74, 6) is 0. The molecule has 0 amide bonds. The van der Waals surface area contributed by atoms with Crippen molar-refractivity contribution in [1.29, 1.82) is 0 Å². The highest BCUT2D eigenvalue weighted by Gasteiger charge is 2.47. The second-order valence-corrected chi connectivity index (χ2v) is 12.8. The molecule has 0 nitrogen and oxygen atoms in total. The zero-order valence-corrected chi connectivity index (χ0v) is 17.3. The second kappa shape index (κ2) is 6.24. The number of fused-ring (bicyclic) bond motifs is 3. The largest absolute Gasteiger partial charge is 0.149 e. The van der Waals surface area contributed by atoms with Crippen LogP contribution in [-0.2, 0) is 0 Å². The Morgan fingerprint density at radius 2 is 1.38 bits per heavy atom. The van der Waals surface area contributed by atoms with Crippen LogP contribution < -0.4 is 15.6 Å². The van der Waals surface area contributed by atoms with Gasteiger partial charge in [0, 0.05) is 0 Å². The fourth-order valence-electron chi connectivity index (χ4n) is 4.61. The summed E-state index contributed by atoms with van der Waals surface area (Å²) in [6, 6.07) is 28.8. The molecule has 0 unspecified atom stereocenters. The summed E-state index contributed by atoms with van der Waals surface area (Å²) in [5.41, 5.74) is 4.74. The molecule has 1 atom stereocenters. The van der Waals surface area contributed by atoms with Crippen LogP contribution in [-0.4, -0.2) is 8.07 Å². The number of hydrogen-bond donors (Lipinski definition) is 0. The third-order valence-electron chi connectivity index (χ3n) is 5.91. The fraction of sp³-hybridized carbons (Fsp3) is 0.280. The Balaban J connectivity index is 2.04. The molecule has 132 valence electrons. The first-order chi connectivity index (χ1) is 12.4. The van der Waals surface area contributed by atoms with Crippen molar-refractivity contribution >= 4 is 23.6 Å². The summed E-state index contributed by atoms with van der Waals surface area (Å²) in [7, 11) is -1.99. The third-order valence-corrected chi connectivity index (χ3v) is 10.9. The lowest BCUT2D eigenvalue weighted by Gasteiger charge is -2.33. The summed E-state index contributed by atoms with van der Waals surface area (Å²) in [6.45, 7) is 9.39. The highest BCUT2D eigenvalue weighted by atomic mass is 28.3. The maximum absolute atomic E-state index is 2.42. The Kier molecular flexibility index (Phi) is 4.15. The Bertz CT molecular complexity index is 934. The zero-order valence-electron chi connectivity index (χ0n) is 16.3. The van der Waals surface area contributed by atoms with Crippen LogP contribution >= 0.6 is 0 Å². The molecule has 26 heavy (non-hydrogen) atoms. The van der Waals surface area contributed by atoms with E-state index in [1.807, 2.05) is 0 Å². The van der Waals surface area contributed by atoms with E-state index in [2.05, 4.69) is 100 Å². The van der Waals surface area contributed by atoms with Crippen molar-refractivity contribution < 1.29 is 0 Å². The minimum absolute atomic E-state index is 0.344. The van der Waals surface area contributed by atoms with Gasteiger partial charge in [0.2, 0.25) is 0 Å². The average molecular weight is 357 g/mol. The lowest BCUT2D eigenvalue weighted by molar-refractivity contribution is 0.396. The molecule has 0 saturated carbocycles. The van der Waals surface area contributed by atoms with Gasteiger partial charge < -0.3 is 0 Å². The molecule has 4 rings (SSSR count). The van der Waals surface area contributed by atoms with Gasteiger partial charge in [0.25, 0.3) is 0 Å². The minimum Gasteiger partial charge on any atom is -0.0624 e. The SMILES string of the molecule is Cc1cccc2c1-c1ccccc1[Si@]2(CCC(C)(C)C)c1ccccc1. The van der Waals surface area contributed by atoms with Crippen molar-refractivity contribution in [2.75, 3.05) is 0 Å². The summed E-state index contributed by atoms with van der Waals surface area (Å²) < 4.78 is 0. The third kappa shape index (κ3) is 2.66. The molecule has 1 aliphatic heterocycles. The van der Waals surface area contributed by atoms with E-state index in [-0.39, 0.29) is 0 Å². The van der Waals surface area contributed by atoms with E-state index in [4.69, 9.17) is 0 Å². The van der Waals surface area contributed by atoms with E-state index in [9.17, 15) is 0 Å². The van der Waals surface area contributed by atoms with Crippen LogP contribution in [0.3, 0.4) is 0 Å². The first kappa shape index (κ1) is 17.3. The number of benzene rings is 3. The highest BCUT2D eigenvalue weighted by molar-refractivity contribution is 7.14. The molecule has 0 aliphatic carbocycles.